The summed E-state index contributed by atoms with van der Waals surface area (Å²) in [6, 6.07) is 10.1. The Hall–Kier alpha value is -1.57. The van der Waals surface area contributed by atoms with Gasteiger partial charge in [0.2, 0.25) is 0 Å². The number of carbonyl (C=O) groups is 1. The second kappa shape index (κ2) is 6.02. The quantitative estimate of drug-likeness (QED) is 0.748. The first-order valence-electron chi connectivity index (χ1n) is 5.16. The maximum Gasteiger partial charge on any atom is 0.331 e. The average molecular weight is 204 g/mol. The number of carboxylic acids is 1. The average Bonchev–Trinajstić information content (AvgIpc) is 2.25. The smallest absolute Gasteiger partial charge is 0.331 e. The van der Waals surface area contributed by atoms with Crippen LogP contribution in [0.1, 0.15) is 25.3 Å². The molecule has 1 aromatic rings. The van der Waals surface area contributed by atoms with E-state index in [1.54, 1.807) is 13.0 Å². The monoisotopic (exact) mass is 204 g/mol. The van der Waals surface area contributed by atoms with Crippen LogP contribution in [0.25, 0.3) is 0 Å². The standard InChI is InChI=1S/C13H16O2/c1-2-12(13(14)15)10-6-9-11-7-4-3-5-8-11/h2-5,7-8H,6,9-10H2,1H3,(H,14,15). The zero-order valence-corrected chi connectivity index (χ0v) is 8.94. The summed E-state index contributed by atoms with van der Waals surface area (Å²) in [5.74, 6) is -0.800. The van der Waals surface area contributed by atoms with Gasteiger partial charge < -0.3 is 5.11 Å². The molecule has 0 atom stereocenters. The van der Waals surface area contributed by atoms with Crippen LogP contribution in [-0.4, -0.2) is 11.1 Å². The van der Waals surface area contributed by atoms with E-state index in [1.807, 2.05) is 18.2 Å². The van der Waals surface area contributed by atoms with E-state index < -0.39 is 5.97 Å². The van der Waals surface area contributed by atoms with Crippen molar-refractivity contribution in [1.29, 1.82) is 0 Å². The maximum atomic E-state index is 10.7. The van der Waals surface area contributed by atoms with E-state index in [4.69, 9.17) is 5.11 Å². The minimum atomic E-state index is -0.800. The first-order valence-corrected chi connectivity index (χ1v) is 5.16. The lowest BCUT2D eigenvalue weighted by Crippen LogP contribution is -2.00. The van der Waals surface area contributed by atoms with Crippen molar-refractivity contribution < 1.29 is 9.90 Å². The summed E-state index contributed by atoms with van der Waals surface area (Å²) in [6.45, 7) is 1.77. The molecule has 0 heterocycles. The lowest BCUT2D eigenvalue weighted by Gasteiger charge is -2.02. The first kappa shape index (κ1) is 11.5. The zero-order valence-electron chi connectivity index (χ0n) is 8.94. The van der Waals surface area contributed by atoms with Gasteiger partial charge in [0.05, 0.1) is 0 Å². The minimum absolute atomic E-state index is 0.505. The van der Waals surface area contributed by atoms with E-state index in [2.05, 4.69) is 12.1 Å². The Kier molecular flexibility index (Phi) is 4.61. The SMILES string of the molecule is CC=C(CCCc1ccccc1)C(=O)O. The van der Waals surface area contributed by atoms with Gasteiger partial charge in [0.15, 0.2) is 0 Å². The topological polar surface area (TPSA) is 37.3 Å². The van der Waals surface area contributed by atoms with Crippen molar-refractivity contribution in [2.24, 2.45) is 0 Å². The minimum Gasteiger partial charge on any atom is -0.478 e. The lowest BCUT2D eigenvalue weighted by molar-refractivity contribution is -0.132. The van der Waals surface area contributed by atoms with Crippen LogP contribution in [0.4, 0.5) is 0 Å². The zero-order chi connectivity index (χ0) is 11.1. The van der Waals surface area contributed by atoms with Gasteiger partial charge in [0.1, 0.15) is 0 Å². The molecule has 0 bridgehead atoms. The van der Waals surface area contributed by atoms with Crippen molar-refractivity contribution in [2.75, 3.05) is 0 Å². The van der Waals surface area contributed by atoms with E-state index in [0.29, 0.717) is 12.0 Å². The molecule has 80 valence electrons. The highest BCUT2D eigenvalue weighted by atomic mass is 16.4. The van der Waals surface area contributed by atoms with Gasteiger partial charge in [-0.2, -0.15) is 0 Å². The fraction of sp³-hybridized carbons (Fsp3) is 0.308. The van der Waals surface area contributed by atoms with Crippen LogP contribution in [-0.2, 0) is 11.2 Å². The Morgan fingerprint density at radius 3 is 2.53 bits per heavy atom. The van der Waals surface area contributed by atoms with Crippen molar-refractivity contribution in [3.05, 3.63) is 47.5 Å². The molecular weight excluding hydrogens is 188 g/mol. The predicted molar refractivity (Wildman–Crippen MR) is 60.8 cm³/mol. The molecule has 0 fully saturated rings. The molecule has 15 heavy (non-hydrogen) atoms. The van der Waals surface area contributed by atoms with Crippen LogP contribution in [0.2, 0.25) is 0 Å². The molecule has 0 saturated heterocycles. The molecule has 2 nitrogen and oxygen atoms in total. The molecule has 0 spiro atoms. The van der Waals surface area contributed by atoms with Gasteiger partial charge in [-0.15, -0.1) is 0 Å². The van der Waals surface area contributed by atoms with Gasteiger partial charge in [0, 0.05) is 5.57 Å². The highest BCUT2D eigenvalue weighted by molar-refractivity contribution is 5.86. The second-order valence-electron chi connectivity index (χ2n) is 3.46. The van der Waals surface area contributed by atoms with Gasteiger partial charge in [-0.3, -0.25) is 0 Å². The van der Waals surface area contributed by atoms with E-state index in [1.165, 1.54) is 5.56 Å². The van der Waals surface area contributed by atoms with Crippen LogP contribution in [0.3, 0.4) is 0 Å². The molecule has 0 aliphatic carbocycles. The molecule has 0 aliphatic rings. The summed E-state index contributed by atoms with van der Waals surface area (Å²) in [7, 11) is 0. The van der Waals surface area contributed by atoms with Crippen molar-refractivity contribution >= 4 is 5.97 Å². The van der Waals surface area contributed by atoms with Crippen molar-refractivity contribution in [1.82, 2.24) is 0 Å². The Balaban J connectivity index is 2.37. The van der Waals surface area contributed by atoms with Crippen molar-refractivity contribution in [2.45, 2.75) is 26.2 Å². The molecular formula is C13H16O2. The number of allylic oxidation sites excluding steroid dienone is 1. The highest BCUT2D eigenvalue weighted by Gasteiger charge is 2.04. The number of rotatable bonds is 5. The van der Waals surface area contributed by atoms with E-state index in [-0.39, 0.29) is 0 Å². The van der Waals surface area contributed by atoms with Gasteiger partial charge in [-0.1, -0.05) is 36.4 Å². The molecule has 0 unspecified atom stereocenters. The normalized spacial score (nSPS) is 11.4. The summed E-state index contributed by atoms with van der Waals surface area (Å²) in [6.07, 6.45) is 4.13. The predicted octanol–water partition coefficient (Wildman–Crippen LogP) is 3.04. The van der Waals surface area contributed by atoms with Crippen LogP contribution in [0.5, 0.6) is 0 Å². The second-order valence-corrected chi connectivity index (χ2v) is 3.46. The largest absolute Gasteiger partial charge is 0.478 e. The maximum absolute atomic E-state index is 10.7. The summed E-state index contributed by atoms with van der Waals surface area (Å²) in [5.41, 5.74) is 1.77. The molecule has 2 heteroatoms. The summed E-state index contributed by atoms with van der Waals surface area (Å²) in [5, 5.41) is 8.80. The molecule has 0 radical (unpaired) electrons. The van der Waals surface area contributed by atoms with Gasteiger partial charge in [-0.25, -0.2) is 4.79 Å². The van der Waals surface area contributed by atoms with Gasteiger partial charge in [0.25, 0.3) is 0 Å². The van der Waals surface area contributed by atoms with Crippen LogP contribution in [0, 0.1) is 0 Å². The first-order chi connectivity index (χ1) is 7.24. The Morgan fingerprint density at radius 1 is 1.33 bits per heavy atom. The Morgan fingerprint density at radius 2 is 2.00 bits per heavy atom. The fourth-order valence-corrected chi connectivity index (χ4v) is 1.50. The molecule has 1 N–H and O–H groups in total. The third-order valence-electron chi connectivity index (χ3n) is 2.38. The lowest BCUT2D eigenvalue weighted by atomic mass is 10.0. The molecule has 0 aromatic heterocycles. The van der Waals surface area contributed by atoms with Crippen LogP contribution in [0.15, 0.2) is 42.0 Å². The summed E-state index contributed by atoms with van der Waals surface area (Å²) >= 11 is 0. The van der Waals surface area contributed by atoms with Crippen molar-refractivity contribution in [3.63, 3.8) is 0 Å². The van der Waals surface area contributed by atoms with Crippen molar-refractivity contribution in [3.8, 4) is 0 Å². The summed E-state index contributed by atoms with van der Waals surface area (Å²) < 4.78 is 0. The number of aliphatic carboxylic acids is 1. The highest BCUT2D eigenvalue weighted by Crippen LogP contribution is 2.10. The summed E-state index contributed by atoms with van der Waals surface area (Å²) in [4.78, 5) is 10.7. The Labute approximate surface area is 90.3 Å². The molecule has 0 amide bonds. The third-order valence-corrected chi connectivity index (χ3v) is 2.38. The molecule has 1 aromatic carbocycles. The van der Waals surface area contributed by atoms with E-state index in [9.17, 15) is 4.79 Å². The number of benzene rings is 1. The van der Waals surface area contributed by atoms with Gasteiger partial charge >= 0.3 is 5.97 Å². The van der Waals surface area contributed by atoms with Crippen LogP contribution < -0.4 is 0 Å². The van der Waals surface area contributed by atoms with Gasteiger partial charge in [-0.05, 0) is 31.7 Å². The molecule has 0 aliphatic heterocycles. The number of hydrogen-bond donors (Lipinski definition) is 1. The molecule has 0 saturated carbocycles. The third kappa shape index (κ3) is 3.98. The van der Waals surface area contributed by atoms with E-state index >= 15 is 0 Å². The number of aryl methyl sites for hydroxylation is 1. The number of carboxylic acid groups (broad SMARTS) is 1. The molecule has 1 rings (SSSR count). The number of hydrogen-bond acceptors (Lipinski definition) is 1. The Bertz CT molecular complexity index is 339. The fourth-order valence-electron chi connectivity index (χ4n) is 1.50. The van der Waals surface area contributed by atoms with Crippen LogP contribution >= 0.6 is 0 Å². The van der Waals surface area contributed by atoms with E-state index in [0.717, 1.165) is 12.8 Å².